The molecule has 188 valence electrons. The van der Waals surface area contributed by atoms with Gasteiger partial charge in [-0.1, -0.05) is 0 Å². The van der Waals surface area contributed by atoms with Crippen LogP contribution in [0.2, 0.25) is 58.9 Å². The van der Waals surface area contributed by atoms with Gasteiger partial charge in [0.25, 0.3) is 0 Å². The first-order valence-electron chi connectivity index (χ1n) is 11.1. The molecule has 0 heterocycles. The monoisotopic (exact) mass is 522 g/mol. The van der Waals surface area contributed by atoms with E-state index < -0.39 is 41.9 Å². The van der Waals surface area contributed by atoms with Crippen LogP contribution in [0.3, 0.4) is 0 Å². The van der Waals surface area contributed by atoms with Crippen LogP contribution in [0.1, 0.15) is 20.8 Å². The average molecular weight is 523 g/mol. The summed E-state index contributed by atoms with van der Waals surface area (Å²) in [7, 11) is -2.17. The predicted octanol–water partition coefficient (Wildman–Crippen LogP) is 3.39. The van der Waals surface area contributed by atoms with Crippen LogP contribution in [0.5, 0.6) is 0 Å². The Balaban J connectivity index is 6.37. The molecule has 0 aromatic rings. The summed E-state index contributed by atoms with van der Waals surface area (Å²) in [5.74, 6) is -1.58. The smallest absolute Gasteiger partial charge is 0.337 e. The van der Waals surface area contributed by atoms with E-state index in [1.807, 2.05) is 13.0 Å². The van der Waals surface area contributed by atoms with Crippen LogP contribution >= 0.6 is 0 Å². The zero-order valence-corrected chi connectivity index (χ0v) is 28.2. The van der Waals surface area contributed by atoms with Crippen molar-refractivity contribution < 1.29 is 32.1 Å². The molecule has 0 aliphatic heterocycles. The lowest BCUT2D eigenvalue weighted by Crippen LogP contribution is -2.65. The molecule has 0 N–H and O–H groups in total. The quantitative estimate of drug-likeness (QED) is 0.136. The fourth-order valence-electron chi connectivity index (χ4n) is 3.18. The number of hydrogen-bond donors (Lipinski definition) is 0. The first-order chi connectivity index (χ1) is 13.8. The van der Waals surface area contributed by atoms with Crippen LogP contribution in [0.25, 0.3) is 0 Å². The highest BCUT2D eigenvalue weighted by Crippen LogP contribution is 2.38. The molecule has 0 aliphatic carbocycles. The predicted molar refractivity (Wildman–Crippen MR) is 142 cm³/mol. The largest absolute Gasteiger partial charge is 0.411 e. The molecule has 0 fully saturated rings. The minimum atomic E-state index is -2.06. The highest BCUT2D eigenvalue weighted by atomic mass is 28.4. The summed E-state index contributed by atoms with van der Waals surface area (Å²) in [6, 6.07) is 0. The van der Waals surface area contributed by atoms with Crippen LogP contribution < -0.4 is 0 Å². The van der Waals surface area contributed by atoms with E-state index in [0.29, 0.717) is 15.8 Å². The van der Waals surface area contributed by atoms with Crippen LogP contribution in [-0.2, 0) is 27.6 Å². The number of rotatable bonds is 11. The van der Waals surface area contributed by atoms with Gasteiger partial charge in [0.1, 0.15) is 5.22 Å². The molecule has 0 rings (SSSR count). The third-order valence-electron chi connectivity index (χ3n) is 4.61. The molecule has 0 aromatic carbocycles. The Labute approximate surface area is 202 Å². The van der Waals surface area contributed by atoms with Crippen molar-refractivity contribution in [3.63, 3.8) is 0 Å². The first kappa shape index (κ1) is 31.6. The number of carbonyl (C=O) groups is 2. The molecular weight excluding hydrogens is 475 g/mol. The molecule has 1 unspecified atom stereocenters. The number of esters is 1. The molecule has 0 aliphatic rings. The van der Waals surface area contributed by atoms with E-state index in [4.69, 9.17) is 18.0 Å². The Morgan fingerprint density at radius 1 is 0.844 bits per heavy atom. The van der Waals surface area contributed by atoms with Crippen molar-refractivity contribution in [1.29, 1.82) is 0 Å². The molecule has 0 aromatic heterocycles. The maximum atomic E-state index is 12.8. The molecule has 0 spiro atoms. The van der Waals surface area contributed by atoms with Crippen molar-refractivity contribution in [2.24, 2.45) is 0 Å². The van der Waals surface area contributed by atoms with Gasteiger partial charge in [0.15, 0.2) is 30.7 Å². The lowest BCUT2D eigenvalue weighted by molar-refractivity contribution is -0.832. The fourth-order valence-corrected chi connectivity index (χ4v) is 10.5. The van der Waals surface area contributed by atoms with Crippen LogP contribution in [-0.4, -0.2) is 83.4 Å². The third kappa shape index (κ3) is 10.7. The van der Waals surface area contributed by atoms with Gasteiger partial charge < -0.3 is 18.0 Å². The van der Waals surface area contributed by atoms with E-state index in [1.165, 1.54) is 6.92 Å². The van der Waals surface area contributed by atoms with Gasteiger partial charge in [0, 0.05) is 5.57 Å². The lowest BCUT2D eigenvalue weighted by atomic mass is 10.1. The zero-order chi connectivity index (χ0) is 26.0. The molecule has 0 saturated heterocycles. The van der Waals surface area contributed by atoms with Crippen molar-refractivity contribution in [3.05, 3.63) is 11.6 Å². The number of nitrogens with zero attached hydrogens (tertiary/aromatic N) is 1. The molecule has 32 heavy (non-hydrogen) atoms. The highest BCUT2D eigenvalue weighted by molar-refractivity contribution is 6.71. The molecule has 11 heteroatoms. The lowest BCUT2D eigenvalue weighted by Gasteiger charge is -2.52. The number of quaternary nitrogens is 1. The number of ether oxygens (including phenoxy) is 1. The standard InChI is InChI=1S/C21H48NO6Si4/c1-17(19(24)25-16-22(4,5)18(2)23)15-21(29,28-32(12,13)14)20(3,26-30(6,7)8)27-31(9,10)11/h15H,16H2,1-14,29H3/q+1. The second-order valence-corrected chi connectivity index (χ2v) is 27.1. The third-order valence-corrected chi connectivity index (χ3v) is 9.46. The van der Waals surface area contributed by atoms with E-state index in [2.05, 4.69) is 58.9 Å². The number of amides is 1. The summed E-state index contributed by atoms with van der Waals surface area (Å²) < 4.78 is 25.5. The SMILES string of the molecule is CC(=O)[N+](C)(C)COC(=O)C(C)=CC([SiH3])(O[Si](C)(C)C)C(C)(O[Si](C)(C)C)O[Si](C)(C)C. The minimum Gasteiger partial charge on any atom is -0.411 e. The van der Waals surface area contributed by atoms with Crippen LogP contribution in [0.15, 0.2) is 11.6 Å². The molecule has 0 saturated carbocycles. The number of carbonyl (C=O) groups excluding carboxylic acids is 2. The average Bonchev–Trinajstić information content (AvgIpc) is 2.46. The van der Waals surface area contributed by atoms with E-state index >= 15 is 0 Å². The molecular formula is C21H48NO6Si4+. The van der Waals surface area contributed by atoms with Crippen LogP contribution in [0.4, 0.5) is 0 Å². The first-order valence-corrected chi connectivity index (χ1v) is 22.4. The van der Waals surface area contributed by atoms with Gasteiger partial charge >= 0.3 is 11.9 Å². The molecule has 0 bridgehead atoms. The maximum Gasteiger partial charge on any atom is 0.337 e. The zero-order valence-electron chi connectivity index (χ0n) is 23.2. The minimum absolute atomic E-state index is 0.0313. The van der Waals surface area contributed by atoms with Gasteiger partial charge in [-0.3, -0.25) is 0 Å². The Kier molecular flexibility index (Phi) is 10.3. The Morgan fingerprint density at radius 2 is 1.22 bits per heavy atom. The van der Waals surface area contributed by atoms with Crippen molar-refractivity contribution in [2.45, 2.75) is 90.7 Å². The normalized spacial score (nSPS) is 16.6. The summed E-state index contributed by atoms with van der Waals surface area (Å²) in [6.07, 6.45) is 1.84. The molecule has 7 nitrogen and oxygen atoms in total. The summed E-state index contributed by atoms with van der Waals surface area (Å²) >= 11 is 0. The van der Waals surface area contributed by atoms with Gasteiger partial charge in [-0.15, -0.1) is 0 Å². The maximum absolute atomic E-state index is 12.8. The molecule has 0 radical (unpaired) electrons. The van der Waals surface area contributed by atoms with Gasteiger partial charge in [0.05, 0.1) is 31.3 Å². The Morgan fingerprint density at radius 3 is 1.53 bits per heavy atom. The summed E-state index contributed by atoms with van der Waals surface area (Å²) in [5, 5.41) is -0.883. The summed E-state index contributed by atoms with van der Waals surface area (Å²) in [5.41, 5.74) is 0.423. The van der Waals surface area contributed by atoms with E-state index in [9.17, 15) is 9.59 Å². The number of hydrogen-bond acceptors (Lipinski definition) is 6. The second-order valence-electron chi connectivity index (χ2n) is 12.3. The molecule has 1 amide bonds. The topological polar surface area (TPSA) is 71.1 Å². The summed E-state index contributed by atoms with van der Waals surface area (Å²) in [4.78, 5) is 24.6. The summed E-state index contributed by atoms with van der Waals surface area (Å²) in [6.45, 7) is 24.3. The van der Waals surface area contributed by atoms with E-state index in [0.717, 1.165) is 0 Å². The molecule has 1 atom stereocenters. The van der Waals surface area contributed by atoms with Gasteiger partial charge in [-0.2, -0.15) is 0 Å². The van der Waals surface area contributed by atoms with Gasteiger partial charge in [-0.05, 0) is 78.8 Å². The fraction of sp³-hybridized carbons (Fsp3) is 0.810. The van der Waals surface area contributed by atoms with Crippen molar-refractivity contribution >= 4 is 47.1 Å². The van der Waals surface area contributed by atoms with Crippen LogP contribution in [0, 0.1) is 0 Å². The van der Waals surface area contributed by atoms with E-state index in [1.54, 1.807) is 21.0 Å². The van der Waals surface area contributed by atoms with Gasteiger partial charge in [-0.25, -0.2) is 14.1 Å². The Bertz CT molecular complexity index is 703. The Hall–Kier alpha value is -0.412. The van der Waals surface area contributed by atoms with E-state index in [-0.39, 0.29) is 17.1 Å². The highest BCUT2D eigenvalue weighted by Gasteiger charge is 2.52. The van der Waals surface area contributed by atoms with Crippen molar-refractivity contribution in [2.75, 3.05) is 20.8 Å². The second kappa shape index (κ2) is 10.5. The van der Waals surface area contributed by atoms with Crippen molar-refractivity contribution in [3.8, 4) is 0 Å². The van der Waals surface area contributed by atoms with Crippen molar-refractivity contribution in [1.82, 2.24) is 0 Å². The van der Waals surface area contributed by atoms with Gasteiger partial charge in [0.2, 0.25) is 6.73 Å².